The summed E-state index contributed by atoms with van der Waals surface area (Å²) >= 11 is 0. The first kappa shape index (κ1) is 16.6. The number of rotatable bonds is 4. The molecule has 5 nitrogen and oxygen atoms in total. The molecule has 1 heterocycles. The van der Waals surface area contributed by atoms with E-state index in [1.807, 2.05) is 12.1 Å². The number of phenolic OH excluding ortho intramolecular Hbond substituents is 1. The second-order valence-corrected chi connectivity index (χ2v) is 6.29. The fourth-order valence-electron chi connectivity index (χ4n) is 3.37. The van der Waals surface area contributed by atoms with Gasteiger partial charge in [0, 0.05) is 18.2 Å². The predicted molar refractivity (Wildman–Crippen MR) is 91.5 cm³/mol. The molecule has 0 unspecified atom stereocenters. The van der Waals surface area contributed by atoms with Crippen LogP contribution in [0.15, 0.2) is 30.3 Å². The van der Waals surface area contributed by atoms with E-state index in [2.05, 4.69) is 11.9 Å². The number of aliphatic hydroxyl groups is 1. The van der Waals surface area contributed by atoms with Gasteiger partial charge in [-0.15, -0.1) is 0 Å². The van der Waals surface area contributed by atoms with Gasteiger partial charge in [0.15, 0.2) is 11.5 Å². The summed E-state index contributed by atoms with van der Waals surface area (Å²) in [4.78, 5) is 2.26. The summed E-state index contributed by atoms with van der Waals surface area (Å²) in [5.41, 5.74) is 3.79. The van der Waals surface area contributed by atoms with E-state index in [4.69, 9.17) is 4.74 Å². The van der Waals surface area contributed by atoms with Gasteiger partial charge in [0.2, 0.25) is 0 Å². The number of phenols is 2. The fourth-order valence-corrected chi connectivity index (χ4v) is 3.37. The minimum absolute atomic E-state index is 0.116. The Morgan fingerprint density at radius 2 is 1.96 bits per heavy atom. The van der Waals surface area contributed by atoms with Crippen molar-refractivity contribution in [3.8, 4) is 17.2 Å². The summed E-state index contributed by atoms with van der Waals surface area (Å²) in [6, 6.07) is 9.20. The topological polar surface area (TPSA) is 73.2 Å². The van der Waals surface area contributed by atoms with Crippen LogP contribution in [0.4, 0.5) is 0 Å². The molecule has 1 aliphatic rings. The van der Waals surface area contributed by atoms with Gasteiger partial charge in [0.25, 0.3) is 0 Å². The number of aromatic hydroxyl groups is 2. The zero-order valence-corrected chi connectivity index (χ0v) is 14.0. The quantitative estimate of drug-likeness (QED) is 0.803. The Balaban J connectivity index is 1.94. The number of hydrogen-bond donors (Lipinski definition) is 3. The Morgan fingerprint density at radius 3 is 2.62 bits per heavy atom. The van der Waals surface area contributed by atoms with Crippen molar-refractivity contribution in [1.82, 2.24) is 4.90 Å². The first-order valence-corrected chi connectivity index (χ1v) is 8.05. The third kappa shape index (κ3) is 3.05. The third-order valence-corrected chi connectivity index (χ3v) is 4.81. The van der Waals surface area contributed by atoms with Gasteiger partial charge < -0.3 is 20.1 Å². The molecule has 1 atom stereocenters. The van der Waals surface area contributed by atoms with Crippen molar-refractivity contribution in [2.75, 3.05) is 20.7 Å². The molecule has 3 N–H and O–H groups in total. The summed E-state index contributed by atoms with van der Waals surface area (Å²) in [5.74, 6) is 0.767. The van der Waals surface area contributed by atoms with Gasteiger partial charge in [-0.3, -0.25) is 4.90 Å². The van der Waals surface area contributed by atoms with E-state index in [9.17, 15) is 15.3 Å². The molecule has 3 rings (SSSR count). The van der Waals surface area contributed by atoms with E-state index in [1.165, 1.54) is 5.56 Å². The standard InChI is InChI=1S/C19H23NO4/c1-20-6-5-13-9-19(24-2)18(23)10-15(13)16(20)7-12-3-4-14(11-21)17(22)8-12/h3-4,8-10,16,21-23H,5-7,11H2,1-2H3/t16-/m1/s1. The van der Waals surface area contributed by atoms with Gasteiger partial charge in [-0.05, 0) is 54.8 Å². The van der Waals surface area contributed by atoms with Crippen molar-refractivity contribution in [1.29, 1.82) is 0 Å². The van der Waals surface area contributed by atoms with Crippen LogP contribution in [0, 0.1) is 0 Å². The van der Waals surface area contributed by atoms with Crippen molar-refractivity contribution >= 4 is 0 Å². The highest BCUT2D eigenvalue weighted by Crippen LogP contribution is 2.38. The van der Waals surface area contributed by atoms with Crippen molar-refractivity contribution in [2.45, 2.75) is 25.5 Å². The maximum Gasteiger partial charge on any atom is 0.160 e. The lowest BCUT2D eigenvalue weighted by atomic mass is 9.88. The van der Waals surface area contributed by atoms with E-state index >= 15 is 0 Å². The van der Waals surface area contributed by atoms with Gasteiger partial charge in [0.05, 0.1) is 13.7 Å². The minimum atomic E-state index is -0.175. The predicted octanol–water partition coefficient (Wildman–Crippen LogP) is 2.37. The summed E-state index contributed by atoms with van der Waals surface area (Å²) in [6.07, 6.45) is 1.63. The van der Waals surface area contributed by atoms with Gasteiger partial charge in [-0.25, -0.2) is 0 Å². The second-order valence-electron chi connectivity index (χ2n) is 6.29. The molecule has 24 heavy (non-hydrogen) atoms. The highest BCUT2D eigenvalue weighted by Gasteiger charge is 2.26. The van der Waals surface area contributed by atoms with Crippen molar-refractivity contribution < 1.29 is 20.1 Å². The van der Waals surface area contributed by atoms with Crippen LogP contribution in [0.25, 0.3) is 0 Å². The van der Waals surface area contributed by atoms with Gasteiger partial charge in [-0.2, -0.15) is 0 Å². The number of hydrogen-bond acceptors (Lipinski definition) is 5. The van der Waals surface area contributed by atoms with Crippen LogP contribution in [0.5, 0.6) is 17.2 Å². The lowest BCUT2D eigenvalue weighted by Crippen LogP contribution is -2.33. The lowest BCUT2D eigenvalue weighted by molar-refractivity contribution is 0.228. The summed E-state index contributed by atoms with van der Waals surface area (Å²) in [7, 11) is 3.62. The molecule has 1 aliphatic heterocycles. The SMILES string of the molecule is COc1cc2c(cc1O)[C@@H](Cc1ccc(CO)c(O)c1)N(C)CC2. The number of methoxy groups -OCH3 is 1. The number of likely N-dealkylation sites (N-methyl/N-ethyl adjacent to an activating group) is 1. The zero-order chi connectivity index (χ0) is 17.3. The Labute approximate surface area is 141 Å². The first-order valence-electron chi connectivity index (χ1n) is 8.05. The molecule has 128 valence electrons. The third-order valence-electron chi connectivity index (χ3n) is 4.81. The smallest absolute Gasteiger partial charge is 0.160 e. The van der Waals surface area contributed by atoms with Crippen molar-refractivity contribution in [3.63, 3.8) is 0 Å². The molecule has 2 aromatic carbocycles. The van der Waals surface area contributed by atoms with Gasteiger partial charge >= 0.3 is 0 Å². The Kier molecular flexibility index (Phi) is 4.64. The van der Waals surface area contributed by atoms with Crippen LogP contribution < -0.4 is 4.74 Å². The molecule has 0 fully saturated rings. The fraction of sp³-hybridized carbons (Fsp3) is 0.368. The molecule has 0 amide bonds. The molecular weight excluding hydrogens is 306 g/mol. The van der Waals surface area contributed by atoms with Crippen molar-refractivity contribution in [2.24, 2.45) is 0 Å². The molecule has 0 spiro atoms. The average Bonchev–Trinajstić information content (AvgIpc) is 2.57. The second kappa shape index (κ2) is 6.71. The normalized spacial score (nSPS) is 17.5. The molecule has 0 radical (unpaired) electrons. The summed E-state index contributed by atoms with van der Waals surface area (Å²) < 4.78 is 5.21. The van der Waals surface area contributed by atoms with E-state index in [1.54, 1.807) is 25.3 Å². The highest BCUT2D eigenvalue weighted by atomic mass is 16.5. The first-order chi connectivity index (χ1) is 11.5. The highest BCUT2D eigenvalue weighted by molar-refractivity contribution is 5.49. The van der Waals surface area contributed by atoms with E-state index in [-0.39, 0.29) is 24.1 Å². The number of nitrogens with zero attached hydrogens (tertiary/aromatic N) is 1. The van der Waals surface area contributed by atoms with Crippen LogP contribution in [0.2, 0.25) is 0 Å². The Morgan fingerprint density at radius 1 is 1.17 bits per heavy atom. The van der Waals surface area contributed by atoms with Crippen LogP contribution in [-0.2, 0) is 19.4 Å². The Bertz CT molecular complexity index is 744. The molecule has 0 saturated heterocycles. The number of fused-ring (bicyclic) bond motifs is 1. The number of benzene rings is 2. The van der Waals surface area contributed by atoms with Crippen LogP contribution in [-0.4, -0.2) is 40.9 Å². The van der Waals surface area contributed by atoms with Crippen LogP contribution in [0.1, 0.15) is 28.3 Å². The zero-order valence-electron chi connectivity index (χ0n) is 14.0. The monoisotopic (exact) mass is 329 g/mol. The molecule has 2 aromatic rings. The van der Waals surface area contributed by atoms with Crippen molar-refractivity contribution in [3.05, 3.63) is 52.6 Å². The van der Waals surface area contributed by atoms with Crippen LogP contribution >= 0.6 is 0 Å². The maximum absolute atomic E-state index is 10.1. The average molecular weight is 329 g/mol. The van der Waals surface area contributed by atoms with Gasteiger partial charge in [-0.1, -0.05) is 12.1 Å². The van der Waals surface area contributed by atoms with E-state index in [0.717, 1.165) is 24.1 Å². The number of ether oxygens (including phenoxy) is 1. The lowest BCUT2D eigenvalue weighted by Gasteiger charge is -2.35. The molecular formula is C19H23NO4. The van der Waals surface area contributed by atoms with E-state index < -0.39 is 0 Å². The molecule has 5 heteroatoms. The molecule has 0 saturated carbocycles. The minimum Gasteiger partial charge on any atom is -0.508 e. The molecule has 0 aromatic heterocycles. The maximum atomic E-state index is 10.1. The number of aliphatic hydroxyl groups excluding tert-OH is 1. The van der Waals surface area contributed by atoms with Gasteiger partial charge in [0.1, 0.15) is 5.75 Å². The summed E-state index contributed by atoms with van der Waals surface area (Å²) in [6.45, 7) is 0.748. The molecule has 0 aliphatic carbocycles. The Hall–Kier alpha value is -2.24. The largest absolute Gasteiger partial charge is 0.508 e. The van der Waals surface area contributed by atoms with Crippen LogP contribution in [0.3, 0.4) is 0 Å². The summed E-state index contributed by atoms with van der Waals surface area (Å²) in [5, 5.41) is 29.3. The van der Waals surface area contributed by atoms with E-state index in [0.29, 0.717) is 17.7 Å². The molecule has 0 bridgehead atoms.